The maximum absolute atomic E-state index is 10.2. The third-order valence-electron chi connectivity index (χ3n) is 3.63. The Bertz CT molecular complexity index is 706. The largest absolute Gasteiger partial charge is 0.507 e. The van der Waals surface area contributed by atoms with Gasteiger partial charge in [0.2, 0.25) is 0 Å². The summed E-state index contributed by atoms with van der Waals surface area (Å²) in [6.45, 7) is 0. The Morgan fingerprint density at radius 3 is 1.50 bits per heavy atom. The number of hydrogen-bond acceptors (Lipinski definition) is 6. The van der Waals surface area contributed by atoms with Crippen LogP contribution in [0.2, 0.25) is 0 Å². The minimum absolute atomic E-state index is 0.0250. The highest BCUT2D eigenvalue weighted by molar-refractivity contribution is 5.81. The fraction of sp³-hybridized carbons (Fsp3) is 0.222. The molecule has 0 spiro atoms. The zero-order valence-corrected chi connectivity index (χ0v) is 13.6. The Morgan fingerprint density at radius 2 is 1.17 bits per heavy atom. The van der Waals surface area contributed by atoms with Crippen LogP contribution in [0.4, 0.5) is 0 Å². The summed E-state index contributed by atoms with van der Waals surface area (Å²) in [5.41, 5.74) is 2.48. The molecule has 0 saturated carbocycles. The molecule has 4 N–H and O–H groups in total. The first-order valence-corrected chi connectivity index (χ1v) is 7.31. The van der Waals surface area contributed by atoms with E-state index >= 15 is 0 Å². The number of rotatable bonds is 5. The van der Waals surface area contributed by atoms with Crippen LogP contribution in [0.3, 0.4) is 0 Å². The molecule has 0 fully saturated rings. The average molecular weight is 328 g/mol. The standard InChI is InChI=1S/C18H20N2O4/c1-23-17(19)9-11-3-5-15(21)13(7-11)14-8-12(4-6-16(14)22)10-18(20)24-2/h3-8,19-22H,9-10H2,1-2H3. The minimum Gasteiger partial charge on any atom is -0.507 e. The summed E-state index contributed by atoms with van der Waals surface area (Å²) in [6, 6.07) is 9.88. The molecule has 0 saturated heterocycles. The van der Waals surface area contributed by atoms with Gasteiger partial charge in [0.25, 0.3) is 0 Å². The summed E-state index contributed by atoms with van der Waals surface area (Å²) in [4.78, 5) is 0. The van der Waals surface area contributed by atoms with Gasteiger partial charge in [0, 0.05) is 24.0 Å². The maximum Gasteiger partial charge on any atom is 0.184 e. The lowest BCUT2D eigenvalue weighted by atomic mass is 9.97. The van der Waals surface area contributed by atoms with Gasteiger partial charge in [-0.3, -0.25) is 10.8 Å². The number of aromatic hydroxyl groups is 2. The molecule has 0 aliphatic heterocycles. The predicted molar refractivity (Wildman–Crippen MR) is 92.1 cm³/mol. The zero-order valence-electron chi connectivity index (χ0n) is 13.6. The normalized spacial score (nSPS) is 10.2. The summed E-state index contributed by atoms with van der Waals surface area (Å²) in [5.74, 6) is 0.269. The Labute approximate surface area is 140 Å². The fourth-order valence-corrected chi connectivity index (χ4v) is 2.33. The molecule has 0 radical (unpaired) electrons. The average Bonchev–Trinajstić information content (AvgIpc) is 2.58. The van der Waals surface area contributed by atoms with Gasteiger partial charge in [0.05, 0.1) is 14.2 Å². The summed E-state index contributed by atoms with van der Waals surface area (Å²) in [7, 11) is 2.87. The van der Waals surface area contributed by atoms with Crippen molar-refractivity contribution in [3.8, 4) is 22.6 Å². The zero-order chi connectivity index (χ0) is 17.7. The molecule has 0 aliphatic carbocycles. The van der Waals surface area contributed by atoms with E-state index in [-0.39, 0.29) is 23.3 Å². The molecular weight excluding hydrogens is 308 g/mol. The van der Waals surface area contributed by atoms with Crippen molar-refractivity contribution >= 4 is 11.8 Å². The van der Waals surface area contributed by atoms with Crippen molar-refractivity contribution < 1.29 is 19.7 Å². The molecule has 24 heavy (non-hydrogen) atoms. The van der Waals surface area contributed by atoms with Crippen molar-refractivity contribution in [2.75, 3.05) is 14.2 Å². The van der Waals surface area contributed by atoms with Crippen molar-refractivity contribution in [3.63, 3.8) is 0 Å². The molecule has 2 aromatic rings. The molecule has 6 nitrogen and oxygen atoms in total. The van der Waals surface area contributed by atoms with Gasteiger partial charge in [-0.1, -0.05) is 12.1 Å². The molecule has 2 aromatic carbocycles. The van der Waals surface area contributed by atoms with Crippen LogP contribution in [0.1, 0.15) is 11.1 Å². The van der Waals surface area contributed by atoms with E-state index in [9.17, 15) is 10.2 Å². The molecule has 0 unspecified atom stereocenters. The van der Waals surface area contributed by atoms with Gasteiger partial charge in [-0.25, -0.2) is 0 Å². The van der Waals surface area contributed by atoms with Crippen LogP contribution in [0, 0.1) is 10.8 Å². The molecule has 6 heteroatoms. The Morgan fingerprint density at radius 1 is 0.792 bits per heavy atom. The maximum atomic E-state index is 10.2. The number of phenolic OH excluding ortho intramolecular Hbond substituents is 2. The van der Waals surface area contributed by atoms with Gasteiger partial charge < -0.3 is 19.7 Å². The van der Waals surface area contributed by atoms with Gasteiger partial charge in [0.1, 0.15) is 11.5 Å². The van der Waals surface area contributed by atoms with Crippen LogP contribution in [0.15, 0.2) is 36.4 Å². The highest BCUT2D eigenvalue weighted by Gasteiger charge is 2.13. The third kappa shape index (κ3) is 4.04. The molecule has 0 bridgehead atoms. The molecule has 0 heterocycles. The molecule has 0 aliphatic rings. The highest BCUT2D eigenvalue weighted by atomic mass is 16.5. The van der Waals surface area contributed by atoms with Crippen LogP contribution in [-0.2, 0) is 22.3 Å². The lowest BCUT2D eigenvalue weighted by Gasteiger charge is -2.12. The van der Waals surface area contributed by atoms with Crippen LogP contribution in [0.25, 0.3) is 11.1 Å². The highest BCUT2D eigenvalue weighted by Crippen LogP contribution is 2.36. The number of nitrogens with one attached hydrogen (secondary N) is 2. The van der Waals surface area contributed by atoms with Crippen molar-refractivity contribution in [2.24, 2.45) is 0 Å². The smallest absolute Gasteiger partial charge is 0.184 e. The Balaban J connectivity index is 2.42. The predicted octanol–water partition coefficient (Wildman–Crippen LogP) is 3.10. The van der Waals surface area contributed by atoms with Crippen molar-refractivity contribution in [2.45, 2.75) is 12.8 Å². The van der Waals surface area contributed by atoms with E-state index in [0.29, 0.717) is 24.0 Å². The topological polar surface area (TPSA) is 107 Å². The SMILES string of the molecule is COC(=N)Cc1ccc(O)c(-c2cc(CC(=N)OC)ccc2O)c1. The van der Waals surface area contributed by atoms with Crippen molar-refractivity contribution in [1.29, 1.82) is 10.8 Å². The van der Waals surface area contributed by atoms with E-state index < -0.39 is 0 Å². The Hall–Kier alpha value is -3.02. The summed E-state index contributed by atoms with van der Waals surface area (Å²) in [6.07, 6.45) is 0.580. The summed E-state index contributed by atoms with van der Waals surface area (Å²) >= 11 is 0. The van der Waals surface area contributed by atoms with E-state index in [1.54, 1.807) is 24.3 Å². The first kappa shape index (κ1) is 17.3. The second-order valence-corrected chi connectivity index (χ2v) is 5.31. The van der Waals surface area contributed by atoms with Gasteiger partial charge in [-0.2, -0.15) is 0 Å². The number of benzene rings is 2. The third-order valence-corrected chi connectivity index (χ3v) is 3.63. The fourth-order valence-electron chi connectivity index (χ4n) is 2.33. The number of phenols is 2. The van der Waals surface area contributed by atoms with Gasteiger partial charge in [-0.05, 0) is 35.4 Å². The monoisotopic (exact) mass is 328 g/mol. The molecule has 0 atom stereocenters. The first-order valence-electron chi connectivity index (χ1n) is 7.31. The molecule has 2 rings (SSSR count). The molecule has 126 valence electrons. The van der Waals surface area contributed by atoms with Crippen LogP contribution < -0.4 is 0 Å². The first-order chi connectivity index (χ1) is 11.4. The molecular formula is C18H20N2O4. The minimum atomic E-state index is 0.0250. The quantitative estimate of drug-likeness (QED) is 0.500. The van der Waals surface area contributed by atoms with Crippen LogP contribution >= 0.6 is 0 Å². The Kier molecular flexibility index (Phi) is 5.42. The van der Waals surface area contributed by atoms with Gasteiger partial charge in [-0.15, -0.1) is 0 Å². The summed E-state index contributed by atoms with van der Waals surface area (Å²) < 4.78 is 9.73. The lowest BCUT2D eigenvalue weighted by molar-refractivity contribution is 0.390. The number of ether oxygens (including phenoxy) is 2. The van der Waals surface area contributed by atoms with Crippen LogP contribution in [-0.4, -0.2) is 36.2 Å². The number of methoxy groups -OCH3 is 2. The van der Waals surface area contributed by atoms with E-state index in [4.69, 9.17) is 20.3 Å². The van der Waals surface area contributed by atoms with Crippen molar-refractivity contribution in [1.82, 2.24) is 0 Å². The van der Waals surface area contributed by atoms with E-state index in [2.05, 4.69) is 0 Å². The summed E-state index contributed by atoms with van der Waals surface area (Å²) in [5, 5.41) is 35.5. The molecule has 0 amide bonds. The second kappa shape index (κ2) is 7.50. The van der Waals surface area contributed by atoms with Crippen LogP contribution in [0.5, 0.6) is 11.5 Å². The molecule has 0 aromatic heterocycles. The number of hydrogen-bond donors (Lipinski definition) is 4. The lowest BCUT2D eigenvalue weighted by Crippen LogP contribution is -2.04. The van der Waals surface area contributed by atoms with E-state index in [1.165, 1.54) is 26.4 Å². The van der Waals surface area contributed by atoms with Gasteiger partial charge >= 0.3 is 0 Å². The van der Waals surface area contributed by atoms with E-state index in [0.717, 1.165) is 11.1 Å². The van der Waals surface area contributed by atoms with Gasteiger partial charge in [0.15, 0.2) is 11.8 Å². The van der Waals surface area contributed by atoms with E-state index in [1.807, 2.05) is 0 Å². The van der Waals surface area contributed by atoms with Crippen molar-refractivity contribution in [3.05, 3.63) is 47.5 Å². The second-order valence-electron chi connectivity index (χ2n) is 5.31.